The molecule has 0 aromatic carbocycles. The van der Waals surface area contributed by atoms with Crippen LogP contribution in [-0.4, -0.2) is 23.5 Å². The molecule has 1 aliphatic heterocycles. The summed E-state index contributed by atoms with van der Waals surface area (Å²) in [6.07, 6.45) is 4.13. The van der Waals surface area contributed by atoms with Gasteiger partial charge in [0, 0.05) is 18.3 Å². The quantitative estimate of drug-likeness (QED) is 0.736. The Morgan fingerprint density at radius 2 is 2.38 bits per heavy atom. The van der Waals surface area contributed by atoms with E-state index in [0.29, 0.717) is 11.5 Å². The van der Waals surface area contributed by atoms with Gasteiger partial charge in [-0.05, 0) is 25.2 Å². The third kappa shape index (κ3) is 2.19. The Labute approximate surface area is 84.6 Å². The Morgan fingerprint density at radius 1 is 1.62 bits per heavy atom. The van der Waals surface area contributed by atoms with Crippen LogP contribution in [0, 0.1) is 5.41 Å². The van der Waals surface area contributed by atoms with Gasteiger partial charge in [0.2, 0.25) is 0 Å². The highest BCUT2D eigenvalue weighted by Crippen LogP contribution is 2.40. The monoisotopic (exact) mass is 198 g/mol. The minimum atomic E-state index is 0.529. The molecule has 2 fully saturated rings. The summed E-state index contributed by atoms with van der Waals surface area (Å²) < 4.78 is 0. The van der Waals surface area contributed by atoms with Gasteiger partial charge in [-0.1, -0.05) is 25.1 Å². The third-order valence-electron chi connectivity index (χ3n) is 3.00. The fraction of sp³-hybridized carbons (Fsp3) is 0.900. The zero-order valence-electron chi connectivity index (χ0n) is 8.47. The van der Waals surface area contributed by atoms with E-state index in [0.717, 1.165) is 6.54 Å². The maximum absolute atomic E-state index is 4.64. The molecule has 3 heteroatoms. The molecule has 1 unspecified atom stereocenters. The highest BCUT2D eigenvalue weighted by molar-refractivity contribution is 8.14. The van der Waals surface area contributed by atoms with Crippen LogP contribution in [0.15, 0.2) is 4.99 Å². The number of rotatable bonds is 2. The Kier molecular flexibility index (Phi) is 2.54. The van der Waals surface area contributed by atoms with Crippen molar-refractivity contribution in [1.29, 1.82) is 0 Å². The van der Waals surface area contributed by atoms with Crippen molar-refractivity contribution >= 4 is 16.9 Å². The van der Waals surface area contributed by atoms with Crippen molar-refractivity contribution < 1.29 is 0 Å². The van der Waals surface area contributed by atoms with E-state index in [1.165, 1.54) is 30.2 Å². The Morgan fingerprint density at radius 3 is 2.85 bits per heavy atom. The van der Waals surface area contributed by atoms with Gasteiger partial charge in [-0.15, -0.1) is 0 Å². The van der Waals surface area contributed by atoms with Crippen molar-refractivity contribution in [1.82, 2.24) is 5.32 Å². The molecule has 74 valence electrons. The number of nitrogens with one attached hydrogen (secondary N) is 1. The van der Waals surface area contributed by atoms with E-state index in [2.05, 4.69) is 24.2 Å². The number of nitrogens with zero attached hydrogens (tertiary/aromatic N) is 1. The van der Waals surface area contributed by atoms with Crippen molar-refractivity contribution in [2.45, 2.75) is 39.2 Å². The van der Waals surface area contributed by atoms with Crippen LogP contribution in [0.5, 0.6) is 0 Å². The van der Waals surface area contributed by atoms with Gasteiger partial charge in [-0.2, -0.15) is 0 Å². The summed E-state index contributed by atoms with van der Waals surface area (Å²) in [6.45, 7) is 5.58. The number of hydrogen-bond donors (Lipinski definition) is 1. The van der Waals surface area contributed by atoms with Gasteiger partial charge in [0.25, 0.3) is 0 Å². The third-order valence-corrected chi connectivity index (χ3v) is 4.19. The smallest absolute Gasteiger partial charge is 0.156 e. The van der Waals surface area contributed by atoms with E-state index < -0.39 is 0 Å². The maximum atomic E-state index is 4.64. The van der Waals surface area contributed by atoms with Crippen LogP contribution >= 0.6 is 11.8 Å². The lowest BCUT2D eigenvalue weighted by molar-refractivity contribution is 0.174. The topological polar surface area (TPSA) is 24.4 Å². The Bertz CT molecular complexity index is 221. The Hall–Kier alpha value is -0.180. The zero-order chi connectivity index (χ0) is 9.31. The highest BCUT2D eigenvalue weighted by atomic mass is 32.2. The van der Waals surface area contributed by atoms with Crippen LogP contribution in [0.2, 0.25) is 0 Å². The molecular formula is C10H18N2S. The first-order valence-corrected chi connectivity index (χ1v) is 6.10. The molecule has 0 amide bonds. The van der Waals surface area contributed by atoms with Crippen molar-refractivity contribution in [2.75, 3.05) is 12.3 Å². The first-order chi connectivity index (χ1) is 6.18. The largest absolute Gasteiger partial charge is 0.362 e. The van der Waals surface area contributed by atoms with Gasteiger partial charge < -0.3 is 5.32 Å². The van der Waals surface area contributed by atoms with E-state index in [1.54, 1.807) is 0 Å². The van der Waals surface area contributed by atoms with E-state index in [1.807, 2.05) is 11.8 Å². The summed E-state index contributed by atoms with van der Waals surface area (Å²) in [5.74, 6) is 1.18. The standard InChI is InChI=1S/C10H18N2S/c1-8-6-13-9(12-8)11-7-10(2)4-3-5-10/h8H,3-7H2,1-2H3,(H,11,12). The number of amidine groups is 1. The van der Waals surface area contributed by atoms with E-state index in [-0.39, 0.29) is 0 Å². The summed E-state index contributed by atoms with van der Waals surface area (Å²) in [6, 6.07) is 0.609. The zero-order valence-corrected chi connectivity index (χ0v) is 9.28. The molecule has 1 heterocycles. The normalized spacial score (nSPS) is 34.3. The molecule has 1 saturated heterocycles. The van der Waals surface area contributed by atoms with Crippen molar-refractivity contribution in [2.24, 2.45) is 10.4 Å². The first-order valence-electron chi connectivity index (χ1n) is 5.12. The average Bonchev–Trinajstić information content (AvgIpc) is 2.44. The molecule has 13 heavy (non-hydrogen) atoms. The van der Waals surface area contributed by atoms with Gasteiger partial charge >= 0.3 is 0 Å². The van der Waals surface area contributed by atoms with Crippen LogP contribution in [0.3, 0.4) is 0 Å². The van der Waals surface area contributed by atoms with Crippen LogP contribution in [0.4, 0.5) is 0 Å². The van der Waals surface area contributed by atoms with Gasteiger partial charge in [-0.3, -0.25) is 4.99 Å². The van der Waals surface area contributed by atoms with Crippen LogP contribution in [0.1, 0.15) is 33.1 Å². The van der Waals surface area contributed by atoms with Gasteiger partial charge in [0.15, 0.2) is 5.17 Å². The SMILES string of the molecule is CC1CSC(=NCC2(C)CCC2)N1. The molecule has 1 atom stereocenters. The highest BCUT2D eigenvalue weighted by Gasteiger charge is 2.31. The molecule has 1 saturated carbocycles. The summed E-state index contributed by atoms with van der Waals surface area (Å²) in [7, 11) is 0. The fourth-order valence-electron chi connectivity index (χ4n) is 1.79. The number of thioether (sulfide) groups is 1. The number of hydrogen-bond acceptors (Lipinski definition) is 2. The summed E-state index contributed by atoms with van der Waals surface area (Å²) >= 11 is 1.86. The Balaban J connectivity index is 1.83. The van der Waals surface area contributed by atoms with E-state index >= 15 is 0 Å². The summed E-state index contributed by atoms with van der Waals surface area (Å²) in [5, 5.41) is 4.55. The van der Waals surface area contributed by atoms with Gasteiger partial charge in [-0.25, -0.2) is 0 Å². The predicted molar refractivity (Wildman–Crippen MR) is 59.3 cm³/mol. The molecule has 2 aliphatic rings. The molecular weight excluding hydrogens is 180 g/mol. The second-order valence-electron chi connectivity index (χ2n) is 4.64. The van der Waals surface area contributed by atoms with Crippen molar-refractivity contribution in [3.05, 3.63) is 0 Å². The first kappa shape index (κ1) is 9.38. The van der Waals surface area contributed by atoms with E-state index in [4.69, 9.17) is 0 Å². The van der Waals surface area contributed by atoms with Gasteiger partial charge in [0.1, 0.15) is 0 Å². The molecule has 0 spiro atoms. The lowest BCUT2D eigenvalue weighted by Gasteiger charge is -2.36. The average molecular weight is 198 g/mol. The fourth-order valence-corrected chi connectivity index (χ4v) is 2.72. The van der Waals surface area contributed by atoms with Crippen LogP contribution in [0.25, 0.3) is 0 Å². The minimum Gasteiger partial charge on any atom is -0.362 e. The maximum Gasteiger partial charge on any atom is 0.156 e. The molecule has 0 aromatic heterocycles. The lowest BCUT2D eigenvalue weighted by Crippen LogP contribution is -2.30. The minimum absolute atomic E-state index is 0.529. The summed E-state index contributed by atoms with van der Waals surface area (Å²) in [5.41, 5.74) is 0.529. The molecule has 0 aromatic rings. The second kappa shape index (κ2) is 3.52. The molecule has 1 aliphatic carbocycles. The molecule has 2 nitrogen and oxygen atoms in total. The van der Waals surface area contributed by atoms with Gasteiger partial charge in [0.05, 0.1) is 0 Å². The van der Waals surface area contributed by atoms with Crippen molar-refractivity contribution in [3.8, 4) is 0 Å². The second-order valence-corrected chi connectivity index (χ2v) is 5.65. The number of aliphatic imine (C=N–C) groups is 1. The molecule has 2 rings (SSSR count). The molecule has 1 N–H and O–H groups in total. The predicted octanol–water partition coefficient (Wildman–Crippen LogP) is 2.26. The molecule has 0 bridgehead atoms. The van der Waals surface area contributed by atoms with E-state index in [9.17, 15) is 0 Å². The van der Waals surface area contributed by atoms with Crippen LogP contribution in [-0.2, 0) is 0 Å². The summed E-state index contributed by atoms with van der Waals surface area (Å²) in [4.78, 5) is 4.64. The lowest BCUT2D eigenvalue weighted by atomic mass is 9.71. The molecule has 0 radical (unpaired) electrons. The van der Waals surface area contributed by atoms with Crippen molar-refractivity contribution in [3.63, 3.8) is 0 Å². The van der Waals surface area contributed by atoms with Crippen LogP contribution < -0.4 is 5.32 Å².